The van der Waals surface area contributed by atoms with Gasteiger partial charge in [-0.1, -0.05) is 0 Å². The second kappa shape index (κ2) is 10.8. The van der Waals surface area contributed by atoms with Gasteiger partial charge in [0.25, 0.3) is 0 Å². The predicted octanol–water partition coefficient (Wildman–Crippen LogP) is 2.66. The molecule has 0 bridgehead atoms. The van der Waals surface area contributed by atoms with Crippen LogP contribution in [0.3, 0.4) is 0 Å². The van der Waals surface area contributed by atoms with Crippen LogP contribution in [0.1, 0.15) is 15.9 Å². The van der Waals surface area contributed by atoms with Gasteiger partial charge in [-0.15, -0.1) is 5.56 Å². The summed E-state index contributed by atoms with van der Waals surface area (Å²) >= 11 is 0. The minimum absolute atomic E-state index is 0. The molecule has 0 unspecified atom stereocenters. The molecule has 97 valence electrons. The molecule has 2 aromatic rings. The standard InChI is InChI=1S/C7H7O2.C7H5O2.Y/c8-9-6-7-4-2-1-3-5-7;8-7(9)6-4-2-1-3-5-6;/h2-5,8H,6H2;2-5H,(H,8,9);/q2*-1;. The third-order valence-electron chi connectivity index (χ3n) is 1.98. The molecule has 0 amide bonds. The van der Waals surface area contributed by atoms with Crippen LogP contribution in [0.25, 0.3) is 0 Å². The molecule has 1 radical (unpaired) electrons. The summed E-state index contributed by atoms with van der Waals surface area (Å²) in [5.74, 6) is -0.899. The topological polar surface area (TPSA) is 66.8 Å². The van der Waals surface area contributed by atoms with E-state index in [-0.39, 0.29) is 39.3 Å². The number of rotatable bonds is 3. The Labute approximate surface area is 136 Å². The average molecular weight is 333 g/mol. The Kier molecular flexibility index (Phi) is 10.2. The molecule has 0 spiro atoms. The van der Waals surface area contributed by atoms with Crippen LogP contribution in [-0.4, -0.2) is 16.3 Å². The summed E-state index contributed by atoms with van der Waals surface area (Å²) in [6, 6.07) is 18.9. The maximum Gasteiger partial charge on any atom is 0.311 e. The summed E-state index contributed by atoms with van der Waals surface area (Å²) < 4.78 is 0. The van der Waals surface area contributed by atoms with Gasteiger partial charge in [0.15, 0.2) is 0 Å². The van der Waals surface area contributed by atoms with Crippen LogP contribution in [0, 0.1) is 12.1 Å². The third-order valence-corrected chi connectivity index (χ3v) is 1.98. The van der Waals surface area contributed by atoms with E-state index in [2.05, 4.69) is 17.0 Å². The number of hydrogen-bond acceptors (Lipinski definition) is 3. The molecule has 0 aromatic heterocycles. The van der Waals surface area contributed by atoms with Gasteiger partial charge in [-0.2, -0.15) is 60.7 Å². The number of benzene rings is 2. The molecule has 0 aliphatic heterocycles. The van der Waals surface area contributed by atoms with E-state index in [1.54, 1.807) is 24.3 Å². The van der Waals surface area contributed by atoms with Crippen molar-refractivity contribution in [3.8, 4) is 0 Å². The van der Waals surface area contributed by atoms with Crippen LogP contribution >= 0.6 is 0 Å². The summed E-state index contributed by atoms with van der Waals surface area (Å²) in [5.41, 5.74) is 1.24. The van der Waals surface area contributed by atoms with Crippen molar-refractivity contribution in [3.63, 3.8) is 0 Å². The first-order valence-corrected chi connectivity index (χ1v) is 5.15. The van der Waals surface area contributed by atoms with Crippen molar-refractivity contribution < 1.29 is 52.8 Å². The number of hydrogen-bond donors (Lipinski definition) is 2. The Morgan fingerprint density at radius 3 is 1.89 bits per heavy atom. The monoisotopic (exact) mass is 333 g/mol. The van der Waals surface area contributed by atoms with Crippen molar-refractivity contribution in [1.82, 2.24) is 0 Å². The molecule has 2 N–H and O–H groups in total. The van der Waals surface area contributed by atoms with Crippen LogP contribution in [0.5, 0.6) is 0 Å². The first-order chi connectivity index (χ1) is 8.74. The van der Waals surface area contributed by atoms with E-state index in [1.165, 1.54) is 12.1 Å². The molecule has 2 rings (SSSR count). The molecule has 0 fully saturated rings. The first-order valence-electron chi connectivity index (χ1n) is 5.15. The van der Waals surface area contributed by atoms with E-state index in [0.717, 1.165) is 5.56 Å². The Bertz CT molecular complexity index is 459. The van der Waals surface area contributed by atoms with Crippen LogP contribution in [-0.2, 0) is 44.2 Å². The van der Waals surface area contributed by atoms with Gasteiger partial charge in [0.2, 0.25) is 0 Å². The molecule has 0 saturated carbocycles. The molecule has 19 heavy (non-hydrogen) atoms. The van der Waals surface area contributed by atoms with Gasteiger partial charge in [-0.05, 0) is 5.56 Å². The van der Waals surface area contributed by atoms with E-state index in [9.17, 15) is 4.79 Å². The van der Waals surface area contributed by atoms with Crippen molar-refractivity contribution in [3.05, 3.63) is 71.8 Å². The van der Waals surface area contributed by atoms with Crippen LogP contribution < -0.4 is 0 Å². The summed E-state index contributed by atoms with van der Waals surface area (Å²) in [4.78, 5) is 14.1. The predicted molar refractivity (Wildman–Crippen MR) is 64.9 cm³/mol. The first kappa shape index (κ1) is 17.9. The largest absolute Gasteiger partial charge is 0.479 e. The van der Waals surface area contributed by atoms with Crippen molar-refractivity contribution in [2.24, 2.45) is 0 Å². The molecule has 0 saturated heterocycles. The zero-order chi connectivity index (χ0) is 13.2. The molecule has 2 aromatic carbocycles. The van der Waals surface area contributed by atoms with Gasteiger partial charge in [-0.3, -0.25) is 5.26 Å². The molecular weight excluding hydrogens is 321 g/mol. The second-order valence-electron chi connectivity index (χ2n) is 3.28. The number of carboxylic acid groups (broad SMARTS) is 1. The number of carbonyl (C=O) groups is 1. The van der Waals surface area contributed by atoms with Crippen LogP contribution in [0.2, 0.25) is 0 Å². The third kappa shape index (κ3) is 7.85. The normalized spacial score (nSPS) is 8.68. The van der Waals surface area contributed by atoms with E-state index in [1.807, 2.05) is 12.1 Å². The van der Waals surface area contributed by atoms with Crippen molar-refractivity contribution in [1.29, 1.82) is 0 Å². The van der Waals surface area contributed by atoms with Crippen LogP contribution in [0.4, 0.5) is 0 Å². The van der Waals surface area contributed by atoms with E-state index in [0.29, 0.717) is 5.56 Å². The minimum atomic E-state index is -0.899. The summed E-state index contributed by atoms with van der Waals surface area (Å²) in [7, 11) is 0. The second-order valence-corrected chi connectivity index (χ2v) is 3.28. The summed E-state index contributed by atoms with van der Waals surface area (Å²) in [6.07, 6.45) is 0. The fourth-order valence-electron chi connectivity index (χ4n) is 1.12. The van der Waals surface area contributed by atoms with Gasteiger partial charge in [0.05, 0.1) is 6.61 Å². The van der Waals surface area contributed by atoms with Gasteiger partial charge >= 0.3 is 5.97 Å². The molecular formula is C14H12O4Y-2. The summed E-state index contributed by atoms with van der Waals surface area (Å²) in [6.45, 7) is 0.245. The minimum Gasteiger partial charge on any atom is -0.479 e. The number of carboxylic acids is 1. The molecule has 4 nitrogen and oxygen atoms in total. The van der Waals surface area contributed by atoms with Gasteiger partial charge < -0.3 is 5.11 Å². The van der Waals surface area contributed by atoms with Gasteiger partial charge in [0, 0.05) is 32.7 Å². The van der Waals surface area contributed by atoms with Crippen LogP contribution in [0.15, 0.2) is 48.5 Å². The molecule has 0 aliphatic rings. The van der Waals surface area contributed by atoms with E-state index >= 15 is 0 Å². The zero-order valence-corrected chi connectivity index (χ0v) is 13.0. The van der Waals surface area contributed by atoms with Crippen molar-refractivity contribution >= 4 is 5.97 Å². The Morgan fingerprint density at radius 1 is 1.05 bits per heavy atom. The Balaban J connectivity index is 0.000000324. The number of aromatic carboxylic acids is 1. The molecule has 5 heteroatoms. The van der Waals surface area contributed by atoms with E-state index < -0.39 is 5.97 Å². The maximum atomic E-state index is 10.2. The molecule has 0 heterocycles. The van der Waals surface area contributed by atoms with Crippen molar-refractivity contribution in [2.75, 3.05) is 0 Å². The fourth-order valence-corrected chi connectivity index (χ4v) is 1.12. The average Bonchev–Trinajstić information content (AvgIpc) is 2.42. The quantitative estimate of drug-likeness (QED) is 0.515. The molecule has 0 aliphatic carbocycles. The smallest absolute Gasteiger partial charge is 0.311 e. The Hall–Kier alpha value is -1.07. The SMILES string of the molecule is O=C(O)c1cc[c-]cc1.OOCc1cc[c-]cc1.[Y]. The van der Waals surface area contributed by atoms with Gasteiger partial charge in [-0.25, -0.2) is 9.68 Å². The summed E-state index contributed by atoms with van der Waals surface area (Å²) in [5, 5.41) is 16.4. The van der Waals surface area contributed by atoms with Gasteiger partial charge in [0.1, 0.15) is 0 Å². The van der Waals surface area contributed by atoms with Crippen molar-refractivity contribution in [2.45, 2.75) is 6.61 Å². The zero-order valence-electron chi connectivity index (χ0n) is 10.1. The maximum absolute atomic E-state index is 10.2. The molecule has 0 atom stereocenters. The fraction of sp³-hybridized carbons (Fsp3) is 0.0714. The Morgan fingerprint density at radius 2 is 1.53 bits per heavy atom. The van der Waals surface area contributed by atoms with E-state index in [4.69, 9.17) is 10.4 Å².